The summed E-state index contributed by atoms with van der Waals surface area (Å²) in [5.41, 5.74) is 0.718. The van der Waals surface area contributed by atoms with E-state index >= 15 is 0 Å². The normalized spacial score (nSPS) is 20.3. The van der Waals surface area contributed by atoms with E-state index in [0.29, 0.717) is 5.56 Å². The van der Waals surface area contributed by atoms with Crippen molar-refractivity contribution in [2.24, 2.45) is 0 Å². The van der Waals surface area contributed by atoms with Gasteiger partial charge in [-0.1, -0.05) is 18.2 Å². The second kappa shape index (κ2) is 6.64. The molecule has 0 aliphatic heterocycles. The Labute approximate surface area is 134 Å². The van der Waals surface area contributed by atoms with E-state index in [1.807, 2.05) is 10.8 Å². The number of carboxylic acids is 1. The maximum atomic E-state index is 12.3. The molecular weight excluding hydrogens is 294 g/mol. The van der Waals surface area contributed by atoms with Crippen LogP contribution >= 0.6 is 0 Å². The number of hydrogen-bond donors (Lipinski definition) is 2. The molecule has 6 heteroatoms. The van der Waals surface area contributed by atoms with Crippen LogP contribution in [0.25, 0.3) is 0 Å². The van der Waals surface area contributed by atoms with Gasteiger partial charge in [-0.2, -0.15) is 0 Å². The van der Waals surface area contributed by atoms with Gasteiger partial charge in [0.15, 0.2) is 0 Å². The SMILES string of the molecule is O=C(Cc1ccccc1C(=O)O)NC1CCCC1n1ccnc1. The van der Waals surface area contributed by atoms with Crippen molar-refractivity contribution in [3.05, 3.63) is 54.1 Å². The number of rotatable bonds is 5. The summed E-state index contributed by atoms with van der Waals surface area (Å²) < 4.78 is 2.03. The number of amides is 1. The van der Waals surface area contributed by atoms with E-state index in [1.54, 1.807) is 30.7 Å². The van der Waals surface area contributed by atoms with Crippen LogP contribution in [0.2, 0.25) is 0 Å². The third-order valence-electron chi connectivity index (χ3n) is 4.33. The standard InChI is InChI=1S/C17H19N3O3/c21-16(10-12-4-1-2-5-13(12)17(22)23)19-14-6-3-7-15(14)20-9-8-18-11-20/h1-2,4-5,8-9,11,14-15H,3,6-7,10H2,(H,19,21)(H,22,23). The lowest BCUT2D eigenvalue weighted by Crippen LogP contribution is -2.39. The van der Waals surface area contributed by atoms with Crippen LogP contribution in [0.4, 0.5) is 0 Å². The van der Waals surface area contributed by atoms with E-state index in [9.17, 15) is 14.7 Å². The summed E-state index contributed by atoms with van der Waals surface area (Å²) >= 11 is 0. The second-order valence-electron chi connectivity index (χ2n) is 5.82. The Kier molecular flexibility index (Phi) is 4.41. The minimum absolute atomic E-state index is 0.0636. The lowest BCUT2D eigenvalue weighted by molar-refractivity contribution is -0.121. The minimum atomic E-state index is -1.01. The van der Waals surface area contributed by atoms with Gasteiger partial charge in [0.05, 0.1) is 24.4 Å². The molecule has 0 saturated heterocycles. The lowest BCUT2D eigenvalue weighted by atomic mass is 10.0. The average Bonchev–Trinajstić information content (AvgIpc) is 3.18. The highest BCUT2D eigenvalue weighted by molar-refractivity contribution is 5.91. The molecule has 2 N–H and O–H groups in total. The number of benzene rings is 1. The molecule has 1 fully saturated rings. The molecule has 23 heavy (non-hydrogen) atoms. The molecule has 0 spiro atoms. The van der Waals surface area contributed by atoms with Crippen molar-refractivity contribution in [1.82, 2.24) is 14.9 Å². The fourth-order valence-corrected chi connectivity index (χ4v) is 3.25. The van der Waals surface area contributed by atoms with Crippen LogP contribution in [0.5, 0.6) is 0 Å². The zero-order chi connectivity index (χ0) is 16.2. The predicted molar refractivity (Wildman–Crippen MR) is 84.2 cm³/mol. The highest BCUT2D eigenvalue weighted by atomic mass is 16.4. The van der Waals surface area contributed by atoms with Crippen molar-refractivity contribution < 1.29 is 14.7 Å². The van der Waals surface area contributed by atoms with E-state index in [4.69, 9.17) is 0 Å². The maximum absolute atomic E-state index is 12.3. The number of carboxylic acid groups (broad SMARTS) is 1. The number of carbonyl (C=O) groups is 2. The molecule has 1 amide bonds. The van der Waals surface area contributed by atoms with Crippen molar-refractivity contribution in [2.75, 3.05) is 0 Å². The van der Waals surface area contributed by atoms with E-state index < -0.39 is 5.97 Å². The van der Waals surface area contributed by atoms with E-state index in [2.05, 4.69) is 10.3 Å². The number of aromatic nitrogens is 2. The molecule has 1 saturated carbocycles. The summed E-state index contributed by atoms with van der Waals surface area (Å²) in [6, 6.07) is 6.90. The molecule has 1 aromatic heterocycles. The van der Waals surface area contributed by atoms with Crippen molar-refractivity contribution in [2.45, 2.75) is 37.8 Å². The number of hydrogen-bond acceptors (Lipinski definition) is 3. The van der Waals surface area contributed by atoms with Crippen molar-refractivity contribution in [3.8, 4) is 0 Å². The van der Waals surface area contributed by atoms with E-state index in [-0.39, 0.29) is 30.0 Å². The molecule has 2 unspecified atom stereocenters. The second-order valence-corrected chi connectivity index (χ2v) is 5.82. The number of aromatic carboxylic acids is 1. The maximum Gasteiger partial charge on any atom is 0.335 e. The van der Waals surface area contributed by atoms with Gasteiger partial charge >= 0.3 is 5.97 Å². The average molecular weight is 313 g/mol. The van der Waals surface area contributed by atoms with Crippen LogP contribution in [0.1, 0.15) is 41.2 Å². The van der Waals surface area contributed by atoms with Gasteiger partial charge in [-0.25, -0.2) is 9.78 Å². The molecule has 0 bridgehead atoms. The van der Waals surface area contributed by atoms with Crippen LogP contribution in [0.3, 0.4) is 0 Å². The summed E-state index contributed by atoms with van der Waals surface area (Å²) in [6.45, 7) is 0. The Balaban J connectivity index is 1.67. The molecule has 2 atom stereocenters. The first kappa shape index (κ1) is 15.3. The van der Waals surface area contributed by atoms with Crippen LogP contribution in [0.15, 0.2) is 43.0 Å². The highest BCUT2D eigenvalue weighted by Crippen LogP contribution is 2.30. The number of nitrogens with zero attached hydrogens (tertiary/aromatic N) is 2. The quantitative estimate of drug-likeness (QED) is 0.884. The predicted octanol–water partition coefficient (Wildman–Crippen LogP) is 2.03. The zero-order valence-corrected chi connectivity index (χ0v) is 12.7. The number of imidazole rings is 1. The Bertz CT molecular complexity index is 697. The van der Waals surface area contributed by atoms with Gasteiger partial charge in [0.1, 0.15) is 0 Å². The van der Waals surface area contributed by atoms with Gasteiger partial charge in [-0.05, 0) is 30.9 Å². The molecule has 2 aromatic rings. The van der Waals surface area contributed by atoms with Gasteiger partial charge in [-0.15, -0.1) is 0 Å². The number of carbonyl (C=O) groups excluding carboxylic acids is 1. The zero-order valence-electron chi connectivity index (χ0n) is 12.7. The molecule has 6 nitrogen and oxygen atoms in total. The molecule has 120 valence electrons. The Hall–Kier alpha value is -2.63. The fraction of sp³-hybridized carbons (Fsp3) is 0.353. The molecule has 0 radical (unpaired) electrons. The van der Waals surface area contributed by atoms with E-state index in [0.717, 1.165) is 19.3 Å². The smallest absolute Gasteiger partial charge is 0.335 e. The van der Waals surface area contributed by atoms with Crippen LogP contribution in [0, 0.1) is 0 Å². The minimum Gasteiger partial charge on any atom is -0.478 e. The summed E-state index contributed by atoms with van der Waals surface area (Å²) in [5, 5.41) is 12.2. The molecule has 1 aromatic carbocycles. The van der Waals surface area contributed by atoms with Gasteiger partial charge in [0.25, 0.3) is 0 Å². The molecular formula is C17H19N3O3. The largest absolute Gasteiger partial charge is 0.478 e. The fourth-order valence-electron chi connectivity index (χ4n) is 3.25. The first-order valence-electron chi connectivity index (χ1n) is 7.73. The Morgan fingerprint density at radius 2 is 2.13 bits per heavy atom. The van der Waals surface area contributed by atoms with Crippen LogP contribution in [-0.2, 0) is 11.2 Å². The molecule has 3 rings (SSSR count). The monoisotopic (exact) mass is 313 g/mol. The molecule has 1 aliphatic rings. The first-order valence-corrected chi connectivity index (χ1v) is 7.73. The van der Waals surface area contributed by atoms with Gasteiger partial charge in [0, 0.05) is 18.4 Å². The lowest BCUT2D eigenvalue weighted by Gasteiger charge is -2.22. The Morgan fingerprint density at radius 3 is 2.87 bits per heavy atom. The van der Waals surface area contributed by atoms with Crippen LogP contribution < -0.4 is 5.32 Å². The topological polar surface area (TPSA) is 84.2 Å². The van der Waals surface area contributed by atoms with Crippen molar-refractivity contribution >= 4 is 11.9 Å². The van der Waals surface area contributed by atoms with Crippen molar-refractivity contribution in [1.29, 1.82) is 0 Å². The molecule has 1 heterocycles. The third kappa shape index (κ3) is 3.41. The summed E-state index contributed by atoms with van der Waals surface area (Å²) in [6.07, 6.45) is 8.49. The summed E-state index contributed by atoms with van der Waals surface area (Å²) in [7, 11) is 0. The third-order valence-corrected chi connectivity index (χ3v) is 4.33. The highest BCUT2D eigenvalue weighted by Gasteiger charge is 2.29. The van der Waals surface area contributed by atoms with Gasteiger partial charge in [0.2, 0.25) is 5.91 Å². The van der Waals surface area contributed by atoms with Gasteiger partial charge < -0.3 is 15.0 Å². The van der Waals surface area contributed by atoms with Crippen molar-refractivity contribution in [3.63, 3.8) is 0 Å². The number of nitrogens with one attached hydrogen (secondary N) is 1. The first-order chi connectivity index (χ1) is 11.1. The van der Waals surface area contributed by atoms with Crippen LogP contribution in [-0.4, -0.2) is 32.6 Å². The summed E-state index contributed by atoms with van der Waals surface area (Å²) in [4.78, 5) is 27.6. The molecule has 1 aliphatic carbocycles. The van der Waals surface area contributed by atoms with E-state index in [1.165, 1.54) is 6.07 Å². The van der Waals surface area contributed by atoms with Gasteiger partial charge in [-0.3, -0.25) is 4.79 Å². The summed E-state index contributed by atoms with van der Waals surface area (Å²) in [5.74, 6) is -1.15. The Morgan fingerprint density at radius 1 is 1.30 bits per heavy atom.